The van der Waals surface area contributed by atoms with Gasteiger partial charge in [0.1, 0.15) is 17.4 Å². The summed E-state index contributed by atoms with van der Waals surface area (Å²) >= 11 is 5.96. The number of anilines is 2. The van der Waals surface area contributed by atoms with Crippen molar-refractivity contribution in [3.8, 4) is 16.9 Å². The first-order valence-corrected chi connectivity index (χ1v) is 5.72. The highest BCUT2D eigenvalue weighted by Gasteiger charge is 2.31. The molecule has 0 fully saturated rings. The van der Waals surface area contributed by atoms with Crippen LogP contribution in [0.5, 0.6) is 5.75 Å². The molecular weight excluding hydrogens is 295 g/mol. The van der Waals surface area contributed by atoms with E-state index in [0.29, 0.717) is 5.56 Å². The summed E-state index contributed by atoms with van der Waals surface area (Å²) < 4.78 is 40.4. The smallest absolute Gasteiger partial charge is 0.406 e. The molecule has 0 aliphatic rings. The highest BCUT2D eigenvalue weighted by atomic mass is 35.5. The Morgan fingerprint density at radius 1 is 1.05 bits per heavy atom. The number of ether oxygens (including phenoxy) is 1. The number of nitrogens with zero attached hydrogens (tertiary/aromatic N) is 1. The molecule has 2 rings (SSSR count). The zero-order valence-corrected chi connectivity index (χ0v) is 10.7. The van der Waals surface area contributed by atoms with Crippen LogP contribution in [0, 0.1) is 0 Å². The maximum atomic E-state index is 12.2. The van der Waals surface area contributed by atoms with Gasteiger partial charge in [0.25, 0.3) is 0 Å². The number of alkyl halides is 3. The Morgan fingerprint density at radius 3 is 2.35 bits per heavy atom. The lowest BCUT2D eigenvalue weighted by Gasteiger charge is -2.12. The zero-order chi connectivity index (χ0) is 14.9. The van der Waals surface area contributed by atoms with Crippen molar-refractivity contribution < 1.29 is 17.9 Å². The Bertz CT molecular complexity index is 646. The first-order chi connectivity index (χ1) is 9.26. The Hall–Kier alpha value is -2.15. The third kappa shape index (κ3) is 3.24. The summed E-state index contributed by atoms with van der Waals surface area (Å²) in [7, 11) is 0. The molecule has 0 aliphatic carbocycles. The van der Waals surface area contributed by atoms with E-state index in [1.807, 2.05) is 0 Å². The number of aromatic nitrogens is 1. The van der Waals surface area contributed by atoms with E-state index >= 15 is 0 Å². The summed E-state index contributed by atoms with van der Waals surface area (Å²) in [6.45, 7) is 0. The summed E-state index contributed by atoms with van der Waals surface area (Å²) in [5, 5.41) is 0.220. The van der Waals surface area contributed by atoms with E-state index in [1.54, 1.807) is 0 Å². The Balaban J connectivity index is 2.48. The number of pyridine rings is 1. The minimum atomic E-state index is -4.78. The predicted molar refractivity (Wildman–Crippen MR) is 70.2 cm³/mol. The van der Waals surface area contributed by atoms with Gasteiger partial charge in [-0.2, -0.15) is 0 Å². The molecule has 0 bridgehead atoms. The van der Waals surface area contributed by atoms with Gasteiger partial charge >= 0.3 is 6.36 Å². The van der Waals surface area contributed by atoms with Gasteiger partial charge in [0, 0.05) is 16.1 Å². The second-order valence-electron chi connectivity index (χ2n) is 3.86. The van der Waals surface area contributed by atoms with Crippen LogP contribution in [0.1, 0.15) is 0 Å². The van der Waals surface area contributed by atoms with Crippen molar-refractivity contribution in [3.63, 3.8) is 0 Å². The van der Waals surface area contributed by atoms with Crippen LogP contribution in [-0.2, 0) is 0 Å². The number of nitrogen functional groups attached to an aromatic ring is 2. The lowest BCUT2D eigenvalue weighted by molar-refractivity contribution is -0.274. The second kappa shape index (κ2) is 5.09. The largest absolute Gasteiger partial charge is 0.573 e. The molecule has 106 valence electrons. The molecule has 1 aromatic carbocycles. The molecular formula is C12H9ClF3N3O. The molecule has 1 heterocycles. The first kappa shape index (κ1) is 14.3. The van der Waals surface area contributed by atoms with Gasteiger partial charge in [-0.1, -0.05) is 11.6 Å². The summed E-state index contributed by atoms with van der Waals surface area (Å²) in [5.74, 6) is -0.130. The van der Waals surface area contributed by atoms with E-state index in [2.05, 4.69) is 9.72 Å². The molecule has 8 heteroatoms. The Labute approximate surface area is 117 Å². The van der Waals surface area contributed by atoms with E-state index in [4.69, 9.17) is 23.1 Å². The van der Waals surface area contributed by atoms with E-state index in [0.717, 1.165) is 12.1 Å². The molecule has 1 aromatic heterocycles. The standard InChI is InChI=1S/C12H9ClF3N3O/c13-9-3-1-6(20-12(14,15)16)5-8(9)7-2-4-10(17)19-11(7)18/h1-5H,(H4,17,18,19). The fraction of sp³-hybridized carbons (Fsp3) is 0.0833. The molecule has 4 N–H and O–H groups in total. The SMILES string of the molecule is Nc1ccc(-c2cc(OC(F)(F)F)ccc2Cl)c(N)n1. The van der Waals surface area contributed by atoms with Gasteiger partial charge < -0.3 is 16.2 Å². The number of hydrogen-bond acceptors (Lipinski definition) is 4. The van der Waals surface area contributed by atoms with Crippen molar-refractivity contribution in [3.05, 3.63) is 35.4 Å². The normalized spacial score (nSPS) is 11.4. The summed E-state index contributed by atoms with van der Waals surface area (Å²) in [5.41, 5.74) is 11.8. The van der Waals surface area contributed by atoms with Crippen LogP contribution in [0.2, 0.25) is 5.02 Å². The summed E-state index contributed by atoms with van der Waals surface area (Å²) in [4.78, 5) is 3.83. The van der Waals surface area contributed by atoms with Crippen LogP contribution in [0.3, 0.4) is 0 Å². The zero-order valence-electron chi connectivity index (χ0n) is 9.91. The molecule has 0 spiro atoms. The highest BCUT2D eigenvalue weighted by molar-refractivity contribution is 6.33. The van der Waals surface area contributed by atoms with Crippen molar-refractivity contribution in [1.82, 2.24) is 4.98 Å². The highest BCUT2D eigenvalue weighted by Crippen LogP contribution is 2.35. The van der Waals surface area contributed by atoms with Gasteiger partial charge in [0.15, 0.2) is 0 Å². The van der Waals surface area contributed by atoms with Gasteiger partial charge in [-0.05, 0) is 30.3 Å². The second-order valence-corrected chi connectivity index (χ2v) is 4.27. The third-order valence-electron chi connectivity index (χ3n) is 2.41. The lowest BCUT2D eigenvalue weighted by Crippen LogP contribution is -2.17. The average Bonchev–Trinajstić information content (AvgIpc) is 2.30. The van der Waals surface area contributed by atoms with E-state index in [9.17, 15) is 13.2 Å². The molecule has 0 aliphatic heterocycles. The molecule has 0 unspecified atom stereocenters. The quantitative estimate of drug-likeness (QED) is 0.891. The summed E-state index contributed by atoms with van der Waals surface area (Å²) in [6.07, 6.45) is -4.78. The van der Waals surface area contributed by atoms with Crippen molar-refractivity contribution >= 4 is 23.2 Å². The van der Waals surface area contributed by atoms with Crippen LogP contribution in [0.4, 0.5) is 24.8 Å². The van der Waals surface area contributed by atoms with Crippen molar-refractivity contribution in [2.24, 2.45) is 0 Å². The van der Waals surface area contributed by atoms with Crippen LogP contribution in [-0.4, -0.2) is 11.3 Å². The van der Waals surface area contributed by atoms with Crippen LogP contribution >= 0.6 is 11.6 Å². The monoisotopic (exact) mass is 303 g/mol. The summed E-state index contributed by atoms with van der Waals surface area (Å²) in [6, 6.07) is 6.53. The number of hydrogen-bond donors (Lipinski definition) is 2. The van der Waals surface area contributed by atoms with E-state index < -0.39 is 12.1 Å². The van der Waals surface area contributed by atoms with Gasteiger partial charge in [-0.15, -0.1) is 13.2 Å². The van der Waals surface area contributed by atoms with Gasteiger partial charge in [-0.25, -0.2) is 4.98 Å². The first-order valence-electron chi connectivity index (χ1n) is 5.34. The van der Waals surface area contributed by atoms with Gasteiger partial charge in [0.05, 0.1) is 0 Å². The van der Waals surface area contributed by atoms with Crippen LogP contribution in [0.25, 0.3) is 11.1 Å². The third-order valence-corrected chi connectivity index (χ3v) is 2.74. The van der Waals surface area contributed by atoms with Crippen molar-refractivity contribution in [2.75, 3.05) is 11.5 Å². The Kier molecular flexibility index (Phi) is 3.63. The topological polar surface area (TPSA) is 74.2 Å². The van der Waals surface area contributed by atoms with Crippen molar-refractivity contribution in [1.29, 1.82) is 0 Å². The van der Waals surface area contributed by atoms with Crippen LogP contribution in [0.15, 0.2) is 30.3 Å². The minimum Gasteiger partial charge on any atom is -0.406 e. The maximum Gasteiger partial charge on any atom is 0.573 e. The van der Waals surface area contributed by atoms with E-state index in [-0.39, 0.29) is 22.2 Å². The Morgan fingerprint density at radius 2 is 1.75 bits per heavy atom. The molecule has 0 amide bonds. The molecule has 0 atom stereocenters. The van der Waals surface area contributed by atoms with Gasteiger partial charge in [-0.3, -0.25) is 0 Å². The molecule has 2 aromatic rings. The molecule has 4 nitrogen and oxygen atoms in total. The van der Waals surface area contributed by atoms with Crippen LogP contribution < -0.4 is 16.2 Å². The predicted octanol–water partition coefficient (Wildman–Crippen LogP) is 3.47. The van der Waals surface area contributed by atoms with E-state index in [1.165, 1.54) is 18.2 Å². The lowest BCUT2D eigenvalue weighted by atomic mass is 10.1. The number of halogens is 4. The van der Waals surface area contributed by atoms with Crippen molar-refractivity contribution in [2.45, 2.75) is 6.36 Å². The fourth-order valence-electron chi connectivity index (χ4n) is 1.63. The average molecular weight is 304 g/mol. The molecule has 20 heavy (non-hydrogen) atoms. The number of nitrogens with two attached hydrogens (primary N) is 2. The fourth-order valence-corrected chi connectivity index (χ4v) is 1.85. The van der Waals surface area contributed by atoms with Gasteiger partial charge in [0.2, 0.25) is 0 Å². The molecule has 0 saturated heterocycles. The maximum absolute atomic E-state index is 12.2. The molecule has 0 saturated carbocycles. The number of rotatable bonds is 2. The minimum absolute atomic E-state index is 0.0658. The number of benzene rings is 1. The molecule has 0 radical (unpaired) electrons.